The third kappa shape index (κ3) is 4.64. The SMILES string of the molecule is CC(=O)N(Cl)c1ccc(Sc2ccc(N(Cl)C(C)=O)cc2)cc1. The Kier molecular flexibility index (Phi) is 5.93. The molecule has 0 saturated carbocycles. The molecular weight excluding hydrogens is 355 g/mol. The number of nitrogens with zero attached hydrogens (tertiary/aromatic N) is 2. The first-order valence-electron chi connectivity index (χ1n) is 6.69. The first-order valence-corrected chi connectivity index (χ1v) is 8.18. The molecule has 0 aliphatic carbocycles. The third-order valence-electron chi connectivity index (χ3n) is 2.92. The molecule has 0 spiro atoms. The van der Waals surface area contributed by atoms with Gasteiger partial charge >= 0.3 is 0 Å². The van der Waals surface area contributed by atoms with E-state index in [0.717, 1.165) is 18.6 Å². The van der Waals surface area contributed by atoms with Crippen LogP contribution in [0, 0.1) is 0 Å². The fourth-order valence-corrected chi connectivity index (χ4v) is 2.83. The fourth-order valence-electron chi connectivity index (χ4n) is 1.79. The van der Waals surface area contributed by atoms with Gasteiger partial charge < -0.3 is 0 Å². The van der Waals surface area contributed by atoms with Crippen molar-refractivity contribution in [2.45, 2.75) is 23.6 Å². The zero-order valence-corrected chi connectivity index (χ0v) is 14.8. The van der Waals surface area contributed by atoms with Gasteiger partial charge in [-0.25, -0.2) is 8.84 Å². The highest BCUT2D eigenvalue weighted by molar-refractivity contribution is 7.99. The quantitative estimate of drug-likeness (QED) is 0.724. The Hall–Kier alpha value is -1.69. The number of hydrogen-bond donors (Lipinski definition) is 0. The molecule has 0 fully saturated rings. The Bertz CT molecular complexity index is 644. The van der Waals surface area contributed by atoms with Gasteiger partial charge in [0, 0.05) is 47.2 Å². The summed E-state index contributed by atoms with van der Waals surface area (Å²) < 4.78 is 2.14. The molecule has 0 unspecified atom stereocenters. The minimum atomic E-state index is -0.237. The summed E-state index contributed by atoms with van der Waals surface area (Å²) in [5, 5.41) is 0. The molecule has 23 heavy (non-hydrogen) atoms. The van der Waals surface area contributed by atoms with E-state index in [1.165, 1.54) is 13.8 Å². The maximum Gasteiger partial charge on any atom is 0.238 e. The van der Waals surface area contributed by atoms with E-state index in [4.69, 9.17) is 23.6 Å². The summed E-state index contributed by atoms with van der Waals surface area (Å²) >= 11 is 13.3. The van der Waals surface area contributed by atoms with Crippen molar-refractivity contribution in [3.05, 3.63) is 48.5 Å². The maximum absolute atomic E-state index is 11.2. The number of halogens is 2. The largest absolute Gasteiger partial charge is 0.274 e. The monoisotopic (exact) mass is 368 g/mol. The number of amides is 2. The molecule has 2 rings (SSSR count). The van der Waals surface area contributed by atoms with Gasteiger partial charge in [0.05, 0.1) is 11.4 Å². The Morgan fingerprint density at radius 2 is 1.04 bits per heavy atom. The number of carbonyl (C=O) groups excluding carboxylic acids is 2. The highest BCUT2D eigenvalue weighted by atomic mass is 35.5. The highest BCUT2D eigenvalue weighted by Crippen LogP contribution is 2.31. The Labute approximate surface area is 149 Å². The van der Waals surface area contributed by atoms with E-state index in [1.54, 1.807) is 36.0 Å². The van der Waals surface area contributed by atoms with Gasteiger partial charge in [0.2, 0.25) is 11.8 Å². The highest BCUT2D eigenvalue weighted by Gasteiger charge is 2.09. The van der Waals surface area contributed by atoms with Crippen molar-refractivity contribution in [3.63, 3.8) is 0 Å². The van der Waals surface area contributed by atoms with E-state index in [0.29, 0.717) is 11.4 Å². The van der Waals surface area contributed by atoms with Crippen LogP contribution in [-0.2, 0) is 9.59 Å². The van der Waals surface area contributed by atoms with Crippen LogP contribution in [0.2, 0.25) is 0 Å². The average molecular weight is 369 g/mol. The number of anilines is 2. The van der Waals surface area contributed by atoms with Crippen LogP contribution in [0.25, 0.3) is 0 Å². The molecule has 0 radical (unpaired) electrons. The molecule has 0 aliphatic rings. The zero-order valence-electron chi connectivity index (χ0n) is 12.5. The third-order valence-corrected chi connectivity index (χ3v) is 4.80. The summed E-state index contributed by atoms with van der Waals surface area (Å²) in [7, 11) is 0. The topological polar surface area (TPSA) is 40.6 Å². The van der Waals surface area contributed by atoms with Crippen molar-refractivity contribution in [1.29, 1.82) is 0 Å². The van der Waals surface area contributed by atoms with Crippen molar-refractivity contribution in [2.75, 3.05) is 8.84 Å². The molecular formula is C16H14Cl2N2O2S. The lowest BCUT2D eigenvalue weighted by Gasteiger charge is -2.12. The summed E-state index contributed by atoms with van der Waals surface area (Å²) in [6, 6.07) is 14.7. The van der Waals surface area contributed by atoms with Crippen molar-refractivity contribution >= 4 is 58.5 Å². The summed E-state index contributed by atoms with van der Waals surface area (Å²) in [4.78, 5) is 24.4. The van der Waals surface area contributed by atoms with Crippen LogP contribution >= 0.6 is 35.3 Å². The van der Waals surface area contributed by atoms with Gasteiger partial charge in [-0.15, -0.1) is 0 Å². The molecule has 2 aromatic carbocycles. The standard InChI is InChI=1S/C16H14Cl2N2O2S/c1-11(21)19(17)13-3-7-15(8-4-13)23-16-9-5-14(6-10-16)20(18)12(2)22/h3-10H,1-2H3. The molecule has 0 atom stereocenters. The second-order valence-electron chi connectivity index (χ2n) is 4.69. The molecule has 0 aliphatic heterocycles. The van der Waals surface area contributed by atoms with Crippen LogP contribution in [0.15, 0.2) is 58.3 Å². The Balaban J connectivity index is 2.07. The van der Waals surface area contributed by atoms with Crippen molar-refractivity contribution < 1.29 is 9.59 Å². The first kappa shape index (κ1) is 17.7. The molecule has 0 aromatic heterocycles. The molecule has 0 N–H and O–H groups in total. The molecule has 0 heterocycles. The van der Waals surface area contributed by atoms with E-state index in [2.05, 4.69) is 0 Å². The minimum Gasteiger partial charge on any atom is -0.274 e. The van der Waals surface area contributed by atoms with Gasteiger partial charge in [0.15, 0.2) is 0 Å². The van der Waals surface area contributed by atoms with Crippen LogP contribution in [-0.4, -0.2) is 11.8 Å². The van der Waals surface area contributed by atoms with E-state index in [9.17, 15) is 9.59 Å². The van der Waals surface area contributed by atoms with Gasteiger partial charge in [0.25, 0.3) is 0 Å². The molecule has 120 valence electrons. The maximum atomic E-state index is 11.2. The molecule has 0 saturated heterocycles. The first-order chi connectivity index (χ1) is 10.9. The van der Waals surface area contributed by atoms with Crippen molar-refractivity contribution in [3.8, 4) is 0 Å². The summed E-state index contributed by atoms with van der Waals surface area (Å²) in [6.07, 6.45) is 0. The van der Waals surface area contributed by atoms with E-state index in [1.807, 2.05) is 24.3 Å². The average Bonchev–Trinajstić information content (AvgIpc) is 2.54. The van der Waals surface area contributed by atoms with E-state index < -0.39 is 0 Å². The summed E-state index contributed by atoms with van der Waals surface area (Å²) in [6.45, 7) is 2.80. The van der Waals surface area contributed by atoms with Crippen LogP contribution in [0.4, 0.5) is 11.4 Å². The zero-order chi connectivity index (χ0) is 17.0. The normalized spacial score (nSPS) is 10.3. The smallest absolute Gasteiger partial charge is 0.238 e. The lowest BCUT2D eigenvalue weighted by molar-refractivity contribution is -0.116. The van der Waals surface area contributed by atoms with E-state index in [-0.39, 0.29) is 11.8 Å². The predicted molar refractivity (Wildman–Crippen MR) is 95.0 cm³/mol. The lowest BCUT2D eigenvalue weighted by atomic mass is 10.3. The fraction of sp³-hybridized carbons (Fsp3) is 0.125. The number of benzene rings is 2. The van der Waals surface area contributed by atoms with Gasteiger partial charge in [-0.2, -0.15) is 0 Å². The molecule has 4 nitrogen and oxygen atoms in total. The van der Waals surface area contributed by atoms with Gasteiger partial charge in [-0.05, 0) is 48.5 Å². The molecule has 7 heteroatoms. The van der Waals surface area contributed by atoms with Gasteiger partial charge in [0.1, 0.15) is 0 Å². The minimum absolute atomic E-state index is 0.237. The summed E-state index contributed by atoms with van der Waals surface area (Å²) in [5.41, 5.74) is 1.25. The number of hydrogen-bond acceptors (Lipinski definition) is 3. The molecule has 0 bridgehead atoms. The Morgan fingerprint density at radius 3 is 1.30 bits per heavy atom. The van der Waals surface area contributed by atoms with E-state index >= 15 is 0 Å². The van der Waals surface area contributed by atoms with Crippen molar-refractivity contribution in [2.24, 2.45) is 0 Å². The second kappa shape index (κ2) is 7.73. The van der Waals surface area contributed by atoms with Crippen LogP contribution in [0.5, 0.6) is 0 Å². The summed E-state index contributed by atoms with van der Waals surface area (Å²) in [5.74, 6) is -0.475. The lowest BCUT2D eigenvalue weighted by Crippen LogP contribution is -2.16. The molecule has 2 amide bonds. The Morgan fingerprint density at radius 1 is 0.739 bits per heavy atom. The van der Waals surface area contributed by atoms with Gasteiger partial charge in [-0.3, -0.25) is 9.59 Å². The molecule has 2 aromatic rings. The van der Waals surface area contributed by atoms with Crippen LogP contribution in [0.3, 0.4) is 0 Å². The predicted octanol–water partition coefficient (Wildman–Crippen LogP) is 4.85. The van der Waals surface area contributed by atoms with Crippen molar-refractivity contribution in [1.82, 2.24) is 0 Å². The number of carbonyl (C=O) groups is 2. The van der Waals surface area contributed by atoms with Crippen LogP contribution < -0.4 is 8.84 Å². The second-order valence-corrected chi connectivity index (χ2v) is 6.51. The number of rotatable bonds is 4. The van der Waals surface area contributed by atoms with Crippen LogP contribution in [0.1, 0.15) is 13.8 Å². The van der Waals surface area contributed by atoms with Gasteiger partial charge in [-0.1, -0.05) is 11.8 Å².